The molecule has 1 aliphatic rings. The van der Waals surface area contributed by atoms with Crippen LogP contribution in [-0.4, -0.2) is 11.9 Å². The summed E-state index contributed by atoms with van der Waals surface area (Å²) in [4.78, 5) is 12.6. The van der Waals surface area contributed by atoms with Crippen LogP contribution >= 0.6 is 15.9 Å². The molecule has 1 aliphatic heterocycles. The van der Waals surface area contributed by atoms with Crippen molar-refractivity contribution in [2.75, 3.05) is 5.32 Å². The van der Waals surface area contributed by atoms with Crippen molar-refractivity contribution in [2.45, 2.75) is 25.4 Å². The van der Waals surface area contributed by atoms with Crippen LogP contribution in [-0.2, 0) is 4.79 Å². The summed E-state index contributed by atoms with van der Waals surface area (Å²) in [6.07, 6.45) is 0.704. The molecule has 3 aromatic carbocycles. The second kappa shape index (κ2) is 7.19. The number of anilines is 1. The third-order valence-electron chi connectivity index (χ3n) is 4.84. The van der Waals surface area contributed by atoms with Gasteiger partial charge < -0.3 is 5.32 Å². The Kier molecular flexibility index (Phi) is 4.76. The Bertz CT molecular complexity index is 967. The first-order valence-corrected chi connectivity index (χ1v) is 9.47. The van der Waals surface area contributed by atoms with Gasteiger partial charge in [0.15, 0.2) is 0 Å². The van der Waals surface area contributed by atoms with E-state index in [9.17, 15) is 4.79 Å². The maximum absolute atomic E-state index is 12.6. The number of nitrogens with one attached hydrogen (secondary N) is 3. The summed E-state index contributed by atoms with van der Waals surface area (Å²) in [7, 11) is 0. The van der Waals surface area contributed by atoms with Gasteiger partial charge in [-0.15, -0.1) is 0 Å². The van der Waals surface area contributed by atoms with E-state index in [1.807, 2.05) is 37.3 Å². The van der Waals surface area contributed by atoms with Crippen molar-refractivity contribution in [1.29, 1.82) is 0 Å². The van der Waals surface area contributed by atoms with Gasteiger partial charge in [0.2, 0.25) is 5.91 Å². The number of hydrazine groups is 1. The number of halogens is 1. The molecular formula is C21H20BrN3O. The molecule has 0 aromatic heterocycles. The Morgan fingerprint density at radius 1 is 1.08 bits per heavy atom. The molecule has 0 spiro atoms. The summed E-state index contributed by atoms with van der Waals surface area (Å²) in [5.74, 6) is -0.0260. The van der Waals surface area contributed by atoms with Gasteiger partial charge in [-0.3, -0.25) is 4.79 Å². The quantitative estimate of drug-likeness (QED) is 0.598. The fraction of sp³-hybridized carbons (Fsp3) is 0.190. The van der Waals surface area contributed by atoms with Gasteiger partial charge in [-0.05, 0) is 53.4 Å². The summed E-state index contributed by atoms with van der Waals surface area (Å²) < 4.78 is 1.03. The number of rotatable bonds is 3. The topological polar surface area (TPSA) is 53.2 Å². The summed E-state index contributed by atoms with van der Waals surface area (Å²) in [6.45, 7) is 2.01. The predicted octanol–water partition coefficient (Wildman–Crippen LogP) is 4.46. The molecule has 5 heteroatoms. The SMILES string of the molecule is Cc1cc(NC(=O)C2CC(c3cccc4ccccc34)NN2)ccc1Br. The maximum atomic E-state index is 12.6. The van der Waals surface area contributed by atoms with Crippen molar-refractivity contribution in [3.05, 3.63) is 76.3 Å². The lowest BCUT2D eigenvalue weighted by molar-refractivity contribution is -0.117. The number of amides is 1. The molecule has 4 rings (SSSR count). The third-order valence-corrected chi connectivity index (χ3v) is 5.73. The molecule has 132 valence electrons. The van der Waals surface area contributed by atoms with E-state index in [0.29, 0.717) is 6.42 Å². The van der Waals surface area contributed by atoms with Gasteiger partial charge in [0.1, 0.15) is 6.04 Å². The smallest absolute Gasteiger partial charge is 0.242 e. The highest BCUT2D eigenvalue weighted by atomic mass is 79.9. The van der Waals surface area contributed by atoms with Gasteiger partial charge in [0.05, 0.1) is 0 Å². The molecular weight excluding hydrogens is 390 g/mol. The Hall–Kier alpha value is -2.21. The Morgan fingerprint density at radius 2 is 1.88 bits per heavy atom. The van der Waals surface area contributed by atoms with E-state index in [-0.39, 0.29) is 18.0 Å². The van der Waals surface area contributed by atoms with Crippen molar-refractivity contribution in [2.24, 2.45) is 0 Å². The average molecular weight is 410 g/mol. The summed E-state index contributed by atoms with van der Waals surface area (Å²) in [5.41, 5.74) is 9.54. The Labute approximate surface area is 161 Å². The van der Waals surface area contributed by atoms with Crippen LogP contribution in [0.15, 0.2) is 65.1 Å². The number of hydrogen-bond acceptors (Lipinski definition) is 3. The minimum absolute atomic E-state index is 0.0260. The molecule has 0 saturated carbocycles. The highest BCUT2D eigenvalue weighted by molar-refractivity contribution is 9.10. The van der Waals surface area contributed by atoms with E-state index >= 15 is 0 Å². The highest BCUT2D eigenvalue weighted by Gasteiger charge is 2.30. The zero-order valence-electron chi connectivity index (χ0n) is 14.4. The normalized spacial score (nSPS) is 19.6. The van der Waals surface area contributed by atoms with Crippen LogP contribution in [0.5, 0.6) is 0 Å². The number of hydrogen-bond donors (Lipinski definition) is 3. The molecule has 4 nitrogen and oxygen atoms in total. The van der Waals surface area contributed by atoms with Crippen LogP contribution in [0.4, 0.5) is 5.69 Å². The zero-order valence-corrected chi connectivity index (χ0v) is 16.0. The molecule has 3 N–H and O–H groups in total. The number of aryl methyl sites for hydroxylation is 1. The van der Waals surface area contributed by atoms with E-state index in [1.165, 1.54) is 16.3 Å². The first kappa shape index (κ1) is 17.2. The number of fused-ring (bicyclic) bond motifs is 1. The fourth-order valence-electron chi connectivity index (χ4n) is 3.44. The first-order chi connectivity index (χ1) is 12.6. The molecule has 1 amide bonds. The van der Waals surface area contributed by atoms with Crippen LogP contribution < -0.4 is 16.2 Å². The molecule has 1 saturated heterocycles. The highest BCUT2D eigenvalue weighted by Crippen LogP contribution is 2.29. The minimum atomic E-state index is -0.275. The van der Waals surface area contributed by atoms with E-state index < -0.39 is 0 Å². The number of carbonyl (C=O) groups excluding carboxylic acids is 1. The van der Waals surface area contributed by atoms with Gasteiger partial charge in [0, 0.05) is 16.2 Å². The third kappa shape index (κ3) is 3.38. The lowest BCUT2D eigenvalue weighted by atomic mass is 9.96. The summed E-state index contributed by atoms with van der Waals surface area (Å²) >= 11 is 3.48. The van der Waals surface area contributed by atoms with Crippen molar-refractivity contribution >= 4 is 38.3 Å². The standard InChI is InChI=1S/C21H20BrN3O/c1-13-11-15(9-10-18(13)22)23-21(26)20-12-19(24-25-20)17-8-4-6-14-5-2-3-7-16(14)17/h2-11,19-20,24-25H,12H2,1H3,(H,23,26). The van der Waals surface area contributed by atoms with Gasteiger partial charge >= 0.3 is 0 Å². The van der Waals surface area contributed by atoms with Crippen molar-refractivity contribution < 1.29 is 4.79 Å². The van der Waals surface area contributed by atoms with E-state index in [2.05, 4.69) is 62.4 Å². The van der Waals surface area contributed by atoms with Crippen LogP contribution in [0.1, 0.15) is 23.6 Å². The van der Waals surface area contributed by atoms with Crippen LogP contribution in [0.25, 0.3) is 10.8 Å². The largest absolute Gasteiger partial charge is 0.325 e. The second-order valence-corrected chi connectivity index (χ2v) is 7.51. The Balaban J connectivity index is 1.49. The van der Waals surface area contributed by atoms with E-state index in [4.69, 9.17) is 0 Å². The monoisotopic (exact) mass is 409 g/mol. The summed E-state index contributed by atoms with van der Waals surface area (Å²) in [6, 6.07) is 20.3. The van der Waals surface area contributed by atoms with Crippen molar-refractivity contribution in [1.82, 2.24) is 10.9 Å². The van der Waals surface area contributed by atoms with E-state index in [1.54, 1.807) is 0 Å². The molecule has 0 aliphatic carbocycles. The molecule has 1 fully saturated rings. The van der Waals surface area contributed by atoms with Crippen LogP contribution in [0, 0.1) is 6.92 Å². The molecule has 2 atom stereocenters. The zero-order chi connectivity index (χ0) is 18.1. The van der Waals surface area contributed by atoms with Crippen molar-refractivity contribution in [3.8, 4) is 0 Å². The molecule has 3 aromatic rings. The predicted molar refractivity (Wildman–Crippen MR) is 109 cm³/mol. The Morgan fingerprint density at radius 3 is 2.73 bits per heavy atom. The molecule has 2 unspecified atom stereocenters. The van der Waals surface area contributed by atoms with Gasteiger partial charge in [0.25, 0.3) is 0 Å². The van der Waals surface area contributed by atoms with Crippen molar-refractivity contribution in [3.63, 3.8) is 0 Å². The number of carbonyl (C=O) groups is 1. The molecule has 0 radical (unpaired) electrons. The number of benzene rings is 3. The van der Waals surface area contributed by atoms with Gasteiger partial charge in [-0.2, -0.15) is 0 Å². The van der Waals surface area contributed by atoms with Gasteiger partial charge in [-0.1, -0.05) is 58.4 Å². The molecule has 1 heterocycles. The molecule has 0 bridgehead atoms. The second-order valence-electron chi connectivity index (χ2n) is 6.65. The average Bonchev–Trinajstić information content (AvgIpc) is 3.14. The maximum Gasteiger partial charge on any atom is 0.242 e. The first-order valence-electron chi connectivity index (χ1n) is 8.67. The van der Waals surface area contributed by atoms with E-state index in [0.717, 1.165) is 15.7 Å². The van der Waals surface area contributed by atoms with Crippen LogP contribution in [0.2, 0.25) is 0 Å². The fourth-order valence-corrected chi connectivity index (χ4v) is 3.68. The van der Waals surface area contributed by atoms with Crippen LogP contribution in [0.3, 0.4) is 0 Å². The molecule has 26 heavy (non-hydrogen) atoms. The lowest BCUT2D eigenvalue weighted by Crippen LogP contribution is -2.39. The lowest BCUT2D eigenvalue weighted by Gasteiger charge is -2.13. The summed E-state index contributed by atoms with van der Waals surface area (Å²) in [5, 5.41) is 5.43. The van der Waals surface area contributed by atoms with Gasteiger partial charge in [-0.25, -0.2) is 10.9 Å². The minimum Gasteiger partial charge on any atom is -0.325 e.